The molecule has 39 heavy (non-hydrogen) atoms. The number of rotatable bonds is 11. The van der Waals surface area contributed by atoms with Gasteiger partial charge in [0.15, 0.2) is 0 Å². The van der Waals surface area contributed by atoms with Crippen molar-refractivity contribution in [1.82, 2.24) is 15.1 Å². The third kappa shape index (κ3) is 6.51. The van der Waals surface area contributed by atoms with Gasteiger partial charge in [0.25, 0.3) is 11.8 Å². The standard InChI is InChI=1S/C27H28BrN5O5S/c1-33-25(27(35)30-20-8-6-19(28)7-9-20)22-14-21(17-4-5-17)24(15-23(22)31-33)32-39(36,37)13-3-2-11-29-26(34)18-10-12-38-16-18/h6-10,12,14-17,32H,2-5,11,13H2,1H3,(H,29,34)(H,30,35). The Morgan fingerprint density at radius 3 is 2.56 bits per heavy atom. The smallest absolute Gasteiger partial charge is 0.274 e. The van der Waals surface area contributed by atoms with Crippen LogP contribution in [0.5, 0.6) is 0 Å². The maximum atomic E-state index is 13.2. The van der Waals surface area contributed by atoms with Gasteiger partial charge in [-0.25, -0.2) is 8.42 Å². The van der Waals surface area contributed by atoms with Crippen LogP contribution in [0.25, 0.3) is 10.9 Å². The van der Waals surface area contributed by atoms with Crippen LogP contribution in [-0.4, -0.2) is 42.3 Å². The molecule has 0 unspecified atom stereocenters. The lowest BCUT2D eigenvalue weighted by Crippen LogP contribution is -2.25. The number of unbranched alkanes of at least 4 members (excludes halogenated alkanes) is 1. The SMILES string of the molecule is Cn1nc2cc(NS(=O)(=O)CCCCNC(=O)c3ccoc3)c(C3CC3)cc2c1C(=O)Nc1ccc(Br)cc1. The van der Waals surface area contributed by atoms with Crippen LogP contribution in [0.4, 0.5) is 11.4 Å². The molecule has 2 amide bonds. The van der Waals surface area contributed by atoms with Crippen molar-refractivity contribution in [2.24, 2.45) is 7.05 Å². The third-order valence-corrected chi connectivity index (χ3v) is 8.40. The second-order valence-electron chi connectivity index (χ2n) is 9.56. The molecule has 0 saturated heterocycles. The van der Waals surface area contributed by atoms with Gasteiger partial charge in [-0.2, -0.15) is 5.10 Å². The summed E-state index contributed by atoms with van der Waals surface area (Å²) in [5.74, 6) is -0.405. The topological polar surface area (TPSA) is 135 Å². The number of aromatic nitrogens is 2. The summed E-state index contributed by atoms with van der Waals surface area (Å²) in [5, 5.41) is 10.8. The Balaban J connectivity index is 1.27. The van der Waals surface area contributed by atoms with Crippen LogP contribution in [0.15, 0.2) is 63.9 Å². The number of carbonyl (C=O) groups is 2. The van der Waals surface area contributed by atoms with Crippen molar-refractivity contribution in [1.29, 1.82) is 0 Å². The van der Waals surface area contributed by atoms with Crippen molar-refractivity contribution in [3.63, 3.8) is 0 Å². The summed E-state index contributed by atoms with van der Waals surface area (Å²) in [5.41, 5.74) is 3.38. The largest absolute Gasteiger partial charge is 0.472 e. The van der Waals surface area contributed by atoms with Crippen LogP contribution in [-0.2, 0) is 17.1 Å². The molecule has 0 aliphatic heterocycles. The van der Waals surface area contributed by atoms with Crippen molar-refractivity contribution in [3.8, 4) is 0 Å². The molecule has 5 rings (SSSR count). The molecule has 204 valence electrons. The molecule has 3 N–H and O–H groups in total. The summed E-state index contributed by atoms with van der Waals surface area (Å²) in [7, 11) is -1.94. The number of sulfonamides is 1. The molecular weight excluding hydrogens is 586 g/mol. The number of benzene rings is 2. The van der Waals surface area contributed by atoms with Crippen molar-refractivity contribution >= 4 is 60.0 Å². The van der Waals surface area contributed by atoms with Gasteiger partial charge in [0.05, 0.1) is 28.8 Å². The molecule has 1 saturated carbocycles. The number of hydrogen-bond donors (Lipinski definition) is 3. The van der Waals surface area contributed by atoms with Crippen molar-refractivity contribution < 1.29 is 22.4 Å². The number of fused-ring (bicyclic) bond motifs is 1. The first-order valence-electron chi connectivity index (χ1n) is 12.6. The van der Waals surface area contributed by atoms with Gasteiger partial charge >= 0.3 is 0 Å². The molecule has 0 spiro atoms. The van der Waals surface area contributed by atoms with Gasteiger partial charge in [0.1, 0.15) is 12.0 Å². The lowest BCUT2D eigenvalue weighted by Gasteiger charge is -2.13. The number of aryl methyl sites for hydroxylation is 1. The number of anilines is 2. The molecular formula is C27H28BrN5O5S. The first kappa shape index (κ1) is 26.9. The Morgan fingerprint density at radius 2 is 1.87 bits per heavy atom. The van der Waals surface area contributed by atoms with Gasteiger partial charge in [-0.1, -0.05) is 15.9 Å². The summed E-state index contributed by atoms with van der Waals surface area (Å²) >= 11 is 3.39. The highest BCUT2D eigenvalue weighted by Crippen LogP contribution is 2.45. The van der Waals surface area contributed by atoms with Crippen molar-refractivity contribution in [3.05, 3.63) is 76.3 Å². The van der Waals surface area contributed by atoms with E-state index in [-0.39, 0.29) is 23.5 Å². The van der Waals surface area contributed by atoms with Gasteiger partial charge in [-0.3, -0.25) is 19.0 Å². The number of halogens is 1. The minimum Gasteiger partial charge on any atom is -0.472 e. The molecule has 0 radical (unpaired) electrons. The summed E-state index contributed by atoms with van der Waals surface area (Å²) in [6.45, 7) is 0.359. The molecule has 2 aromatic carbocycles. The van der Waals surface area contributed by atoms with E-state index in [1.807, 2.05) is 18.2 Å². The number of nitrogens with zero attached hydrogens (tertiary/aromatic N) is 2. The van der Waals surface area contributed by atoms with Crippen LogP contribution in [0.1, 0.15) is 58.0 Å². The highest BCUT2D eigenvalue weighted by molar-refractivity contribution is 9.10. The van der Waals surface area contributed by atoms with E-state index in [0.717, 1.165) is 22.9 Å². The average molecular weight is 615 g/mol. The van der Waals surface area contributed by atoms with Gasteiger partial charge in [-0.05, 0) is 79.6 Å². The van der Waals surface area contributed by atoms with E-state index in [1.54, 1.807) is 31.3 Å². The average Bonchev–Trinajstić information content (AvgIpc) is 3.46. The monoisotopic (exact) mass is 613 g/mol. The predicted octanol–water partition coefficient (Wildman–Crippen LogP) is 5.01. The minimum absolute atomic E-state index is 0.0835. The number of nitrogens with one attached hydrogen (secondary N) is 3. The van der Waals surface area contributed by atoms with Crippen LogP contribution >= 0.6 is 15.9 Å². The zero-order valence-electron chi connectivity index (χ0n) is 21.2. The Bertz CT molecular complexity index is 1610. The molecule has 0 atom stereocenters. The van der Waals surface area contributed by atoms with Gasteiger partial charge < -0.3 is 15.1 Å². The van der Waals surface area contributed by atoms with Crippen LogP contribution in [0, 0.1) is 0 Å². The Morgan fingerprint density at radius 1 is 1.10 bits per heavy atom. The molecule has 1 aliphatic carbocycles. The van der Waals surface area contributed by atoms with Crippen molar-refractivity contribution in [2.75, 3.05) is 22.3 Å². The van der Waals surface area contributed by atoms with Crippen molar-refractivity contribution in [2.45, 2.75) is 31.6 Å². The maximum absolute atomic E-state index is 13.2. The first-order valence-corrected chi connectivity index (χ1v) is 15.0. The third-order valence-electron chi connectivity index (χ3n) is 6.51. The highest BCUT2D eigenvalue weighted by Gasteiger charge is 2.29. The Hall–Kier alpha value is -3.64. The summed E-state index contributed by atoms with van der Waals surface area (Å²) in [6, 6.07) is 12.5. The molecule has 1 fully saturated rings. The number of furan rings is 1. The first-order chi connectivity index (χ1) is 18.7. The fraction of sp³-hybridized carbons (Fsp3) is 0.296. The van der Waals surface area contributed by atoms with E-state index in [2.05, 4.69) is 36.4 Å². The molecule has 4 aromatic rings. The van der Waals surface area contributed by atoms with Gasteiger partial charge in [0.2, 0.25) is 10.0 Å². The second kappa shape index (κ2) is 11.2. The highest BCUT2D eigenvalue weighted by atomic mass is 79.9. The zero-order chi connectivity index (χ0) is 27.6. The predicted molar refractivity (Wildman–Crippen MR) is 152 cm³/mol. The maximum Gasteiger partial charge on any atom is 0.274 e. The molecule has 10 nitrogen and oxygen atoms in total. The number of hydrogen-bond acceptors (Lipinski definition) is 6. The fourth-order valence-electron chi connectivity index (χ4n) is 4.41. The molecule has 12 heteroatoms. The van der Waals surface area contributed by atoms with E-state index < -0.39 is 10.0 Å². The van der Waals surface area contributed by atoms with E-state index in [9.17, 15) is 18.0 Å². The molecule has 0 bridgehead atoms. The summed E-state index contributed by atoms with van der Waals surface area (Å²) < 4.78 is 35.9. The molecule has 2 aromatic heterocycles. The fourth-order valence-corrected chi connectivity index (χ4v) is 5.87. The number of carbonyl (C=O) groups excluding carboxylic acids is 2. The summed E-state index contributed by atoms with van der Waals surface area (Å²) in [6.07, 6.45) is 5.58. The second-order valence-corrected chi connectivity index (χ2v) is 12.3. The lowest BCUT2D eigenvalue weighted by atomic mass is 10.0. The molecule has 1 aliphatic rings. The summed E-state index contributed by atoms with van der Waals surface area (Å²) in [4.78, 5) is 25.1. The zero-order valence-corrected chi connectivity index (χ0v) is 23.6. The van der Waals surface area contributed by atoms with Crippen LogP contribution in [0.2, 0.25) is 0 Å². The van der Waals surface area contributed by atoms with E-state index in [4.69, 9.17) is 4.42 Å². The lowest BCUT2D eigenvalue weighted by molar-refractivity contribution is 0.0951. The van der Waals surface area contributed by atoms with Gasteiger partial charge in [0, 0.05) is 29.1 Å². The molecule has 2 heterocycles. The number of amides is 2. The van der Waals surface area contributed by atoms with Gasteiger partial charge in [-0.15, -0.1) is 0 Å². The minimum atomic E-state index is -3.63. The van der Waals surface area contributed by atoms with E-state index in [1.165, 1.54) is 17.2 Å². The van der Waals surface area contributed by atoms with E-state index >= 15 is 0 Å². The van der Waals surface area contributed by atoms with E-state index in [0.29, 0.717) is 52.9 Å². The van der Waals surface area contributed by atoms with Crippen LogP contribution in [0.3, 0.4) is 0 Å². The quantitative estimate of drug-likeness (QED) is 0.203. The normalized spacial score (nSPS) is 13.4. The Labute approximate surface area is 234 Å². The Kier molecular flexibility index (Phi) is 7.76. The van der Waals surface area contributed by atoms with Crippen LogP contribution < -0.4 is 15.4 Å².